The molecule has 3 rings (SSSR count). The number of nitrogens with zero attached hydrogens (tertiary/aromatic N) is 2. The number of carbonyl (C=O) groups is 2. The van der Waals surface area contributed by atoms with Gasteiger partial charge in [0.25, 0.3) is 5.91 Å². The van der Waals surface area contributed by atoms with E-state index in [1.54, 1.807) is 23.1 Å². The van der Waals surface area contributed by atoms with E-state index in [0.29, 0.717) is 31.6 Å². The molecule has 2 heterocycles. The number of benzene rings is 1. The molecule has 0 aromatic heterocycles. The van der Waals surface area contributed by atoms with Crippen LogP contribution in [0.5, 0.6) is 0 Å². The lowest BCUT2D eigenvalue weighted by atomic mass is 9.92. The van der Waals surface area contributed by atoms with Crippen molar-refractivity contribution in [3.05, 3.63) is 35.6 Å². The maximum Gasteiger partial charge on any atom is 0.262 e. The number of hydrogen-bond acceptors (Lipinski definition) is 2. The fourth-order valence-electron chi connectivity index (χ4n) is 3.52. The summed E-state index contributed by atoms with van der Waals surface area (Å²) in [6.07, 6.45) is 2.28. The molecule has 1 atom stereocenters. The molecule has 2 saturated heterocycles. The quantitative estimate of drug-likeness (QED) is 0.850. The van der Waals surface area contributed by atoms with Crippen molar-refractivity contribution in [3.8, 4) is 0 Å². The van der Waals surface area contributed by atoms with Crippen molar-refractivity contribution in [2.24, 2.45) is 0 Å². The lowest BCUT2D eigenvalue weighted by Crippen LogP contribution is -2.56. The molecular weight excluding hydrogens is 314 g/mol. The van der Waals surface area contributed by atoms with E-state index in [2.05, 4.69) is 0 Å². The van der Waals surface area contributed by atoms with Crippen LogP contribution in [-0.2, 0) is 16.0 Å². The summed E-state index contributed by atoms with van der Waals surface area (Å²) >= 11 is 0. The number of amides is 2. The largest absolute Gasteiger partial charge is 0.340 e. The summed E-state index contributed by atoms with van der Waals surface area (Å²) in [6, 6.07) is 6.08. The number of halogens is 2. The van der Waals surface area contributed by atoms with Crippen molar-refractivity contribution in [1.82, 2.24) is 9.80 Å². The average molecular weight is 336 g/mol. The average Bonchev–Trinajstić information content (AvgIpc) is 3.10. The third-order valence-corrected chi connectivity index (χ3v) is 4.87. The first-order valence-corrected chi connectivity index (χ1v) is 8.49. The van der Waals surface area contributed by atoms with Gasteiger partial charge in [0.15, 0.2) is 0 Å². The van der Waals surface area contributed by atoms with Crippen LogP contribution in [0, 0.1) is 5.82 Å². The molecular formula is C18H22F2N2O2. The first kappa shape index (κ1) is 16.9. The van der Waals surface area contributed by atoms with Gasteiger partial charge in [0.2, 0.25) is 11.6 Å². The fraction of sp³-hybridized carbons (Fsp3) is 0.556. The van der Waals surface area contributed by atoms with Crippen LogP contribution in [-0.4, -0.2) is 53.5 Å². The van der Waals surface area contributed by atoms with Gasteiger partial charge >= 0.3 is 0 Å². The van der Waals surface area contributed by atoms with E-state index in [1.165, 1.54) is 11.0 Å². The number of hydrogen-bond donors (Lipinski definition) is 0. The van der Waals surface area contributed by atoms with Crippen LogP contribution in [0.4, 0.5) is 8.78 Å². The van der Waals surface area contributed by atoms with E-state index < -0.39 is 17.4 Å². The van der Waals surface area contributed by atoms with Gasteiger partial charge in [-0.25, -0.2) is 8.78 Å². The Labute approximate surface area is 140 Å². The van der Waals surface area contributed by atoms with Crippen molar-refractivity contribution in [2.45, 2.75) is 37.8 Å². The molecule has 0 saturated carbocycles. The van der Waals surface area contributed by atoms with Gasteiger partial charge in [-0.3, -0.25) is 9.59 Å². The van der Waals surface area contributed by atoms with E-state index >= 15 is 4.39 Å². The van der Waals surface area contributed by atoms with E-state index in [9.17, 15) is 14.0 Å². The molecule has 24 heavy (non-hydrogen) atoms. The first-order valence-electron chi connectivity index (χ1n) is 8.49. The maximum absolute atomic E-state index is 15.2. The van der Waals surface area contributed by atoms with Gasteiger partial charge in [0.05, 0.1) is 13.0 Å². The highest BCUT2D eigenvalue weighted by Gasteiger charge is 2.46. The molecule has 1 aromatic rings. The molecule has 0 bridgehead atoms. The highest BCUT2D eigenvalue weighted by Crippen LogP contribution is 2.29. The van der Waals surface area contributed by atoms with Crippen LogP contribution >= 0.6 is 0 Å². The molecule has 1 aromatic carbocycles. The Morgan fingerprint density at radius 1 is 1.04 bits per heavy atom. The Kier molecular flexibility index (Phi) is 4.83. The maximum atomic E-state index is 15.2. The van der Waals surface area contributed by atoms with Crippen LogP contribution in [0.3, 0.4) is 0 Å². The Hall–Kier alpha value is -1.98. The van der Waals surface area contributed by atoms with Crippen molar-refractivity contribution >= 4 is 11.8 Å². The van der Waals surface area contributed by atoms with Gasteiger partial charge in [0.1, 0.15) is 5.82 Å². The molecule has 0 spiro atoms. The van der Waals surface area contributed by atoms with Gasteiger partial charge in [-0.1, -0.05) is 18.2 Å². The van der Waals surface area contributed by atoms with Crippen molar-refractivity contribution in [2.75, 3.05) is 26.2 Å². The molecule has 4 nitrogen and oxygen atoms in total. The molecule has 130 valence electrons. The molecule has 0 radical (unpaired) electrons. The van der Waals surface area contributed by atoms with Crippen LogP contribution < -0.4 is 0 Å². The fourth-order valence-corrected chi connectivity index (χ4v) is 3.52. The minimum Gasteiger partial charge on any atom is -0.340 e. The van der Waals surface area contributed by atoms with Crippen molar-refractivity contribution in [1.29, 1.82) is 0 Å². The second kappa shape index (κ2) is 6.87. The van der Waals surface area contributed by atoms with Crippen LogP contribution in [0.15, 0.2) is 24.3 Å². The number of rotatable bonds is 3. The smallest absolute Gasteiger partial charge is 0.262 e. The van der Waals surface area contributed by atoms with Crippen molar-refractivity contribution < 1.29 is 18.4 Å². The predicted octanol–water partition coefficient (Wildman–Crippen LogP) is 2.32. The lowest BCUT2D eigenvalue weighted by molar-refractivity contribution is -0.150. The van der Waals surface area contributed by atoms with Gasteiger partial charge in [-0.05, 0) is 37.3 Å². The predicted molar refractivity (Wildman–Crippen MR) is 85.6 cm³/mol. The normalized spacial score (nSPS) is 24.2. The van der Waals surface area contributed by atoms with Crippen LogP contribution in [0.25, 0.3) is 0 Å². The molecule has 0 aliphatic carbocycles. The SMILES string of the molecule is O=C(Cc1ccccc1F)N1CCCC(F)(C(=O)N2CCCC2)C1. The number of carbonyl (C=O) groups excluding carboxylic acids is 2. The minimum atomic E-state index is -2.01. The van der Waals surface area contributed by atoms with Gasteiger partial charge in [-0.15, -0.1) is 0 Å². The Balaban J connectivity index is 1.67. The molecule has 2 amide bonds. The summed E-state index contributed by atoms with van der Waals surface area (Å²) < 4.78 is 28.9. The van der Waals surface area contributed by atoms with E-state index in [0.717, 1.165) is 12.8 Å². The summed E-state index contributed by atoms with van der Waals surface area (Å²) in [5.74, 6) is -1.28. The topological polar surface area (TPSA) is 40.6 Å². The minimum absolute atomic E-state index is 0.110. The molecule has 2 aliphatic rings. The van der Waals surface area contributed by atoms with Crippen LogP contribution in [0.1, 0.15) is 31.2 Å². The summed E-state index contributed by atoms with van der Waals surface area (Å²) in [5, 5.41) is 0. The van der Waals surface area contributed by atoms with E-state index in [-0.39, 0.29) is 25.3 Å². The van der Waals surface area contributed by atoms with E-state index in [1.807, 2.05) is 0 Å². The zero-order valence-electron chi connectivity index (χ0n) is 13.6. The molecule has 2 fully saturated rings. The zero-order chi connectivity index (χ0) is 17.2. The molecule has 1 unspecified atom stereocenters. The summed E-state index contributed by atoms with van der Waals surface area (Å²) in [5.41, 5.74) is -1.71. The molecule has 6 heteroatoms. The summed E-state index contributed by atoms with van der Waals surface area (Å²) in [7, 11) is 0. The number of piperidine rings is 1. The highest BCUT2D eigenvalue weighted by atomic mass is 19.1. The Morgan fingerprint density at radius 3 is 2.42 bits per heavy atom. The second-order valence-corrected chi connectivity index (χ2v) is 6.65. The summed E-state index contributed by atoms with van der Waals surface area (Å²) in [4.78, 5) is 27.8. The van der Waals surface area contributed by atoms with Crippen LogP contribution in [0.2, 0.25) is 0 Å². The lowest BCUT2D eigenvalue weighted by Gasteiger charge is -2.38. The van der Waals surface area contributed by atoms with E-state index in [4.69, 9.17) is 0 Å². The van der Waals surface area contributed by atoms with Gasteiger partial charge < -0.3 is 9.80 Å². The third kappa shape index (κ3) is 3.42. The molecule has 2 aliphatic heterocycles. The standard InChI is InChI=1S/C18H22F2N2O2/c19-15-7-2-1-6-14(15)12-16(23)22-11-5-8-18(20,13-22)17(24)21-9-3-4-10-21/h1-2,6-7H,3-5,8-13H2. The Bertz CT molecular complexity index is 631. The Morgan fingerprint density at radius 2 is 1.71 bits per heavy atom. The number of likely N-dealkylation sites (tertiary alicyclic amines) is 2. The third-order valence-electron chi connectivity index (χ3n) is 4.87. The van der Waals surface area contributed by atoms with Crippen molar-refractivity contribution in [3.63, 3.8) is 0 Å². The second-order valence-electron chi connectivity index (χ2n) is 6.65. The van der Waals surface area contributed by atoms with Gasteiger partial charge in [0, 0.05) is 19.6 Å². The highest BCUT2D eigenvalue weighted by molar-refractivity contribution is 5.87. The summed E-state index contributed by atoms with van der Waals surface area (Å²) in [6.45, 7) is 1.36. The number of alkyl halides is 1. The molecule has 0 N–H and O–H groups in total. The zero-order valence-corrected chi connectivity index (χ0v) is 13.6. The van der Waals surface area contributed by atoms with Gasteiger partial charge in [-0.2, -0.15) is 0 Å². The first-order chi connectivity index (χ1) is 11.5. The monoisotopic (exact) mass is 336 g/mol.